The van der Waals surface area contributed by atoms with Crippen molar-refractivity contribution in [3.05, 3.63) is 40.7 Å². The summed E-state index contributed by atoms with van der Waals surface area (Å²) in [6.45, 7) is 0.799. The summed E-state index contributed by atoms with van der Waals surface area (Å²) in [5, 5.41) is 0. The molecule has 0 radical (unpaired) electrons. The number of rotatable bonds is 2. The summed E-state index contributed by atoms with van der Waals surface area (Å²) in [4.78, 5) is 11.6. The van der Waals surface area contributed by atoms with Gasteiger partial charge in [-0.3, -0.25) is 4.79 Å². The van der Waals surface area contributed by atoms with Crippen LogP contribution in [0.5, 0.6) is 0 Å². The molecule has 1 unspecified atom stereocenters. The van der Waals surface area contributed by atoms with Crippen molar-refractivity contribution in [2.24, 2.45) is 0 Å². The minimum absolute atomic E-state index is 0.117. The Hall–Kier alpha value is 0.0134. The summed E-state index contributed by atoms with van der Waals surface area (Å²) >= 11 is 4.25. The van der Waals surface area contributed by atoms with E-state index < -0.39 is 0 Å². The van der Waals surface area contributed by atoms with Gasteiger partial charge < -0.3 is 15.7 Å². The van der Waals surface area contributed by atoms with Gasteiger partial charge in [0.15, 0.2) is 0 Å². The van der Waals surface area contributed by atoms with Crippen LogP contribution in [0.1, 0.15) is 43.4 Å². The van der Waals surface area contributed by atoms with Gasteiger partial charge in [-0.2, -0.15) is 6.42 Å². The maximum absolute atomic E-state index is 11.6. The molecule has 1 aliphatic carbocycles. The minimum atomic E-state index is 0.117. The molecule has 2 aliphatic rings. The third-order valence-corrected chi connectivity index (χ3v) is 3.29. The van der Waals surface area contributed by atoms with E-state index in [-0.39, 0.29) is 11.7 Å². The van der Waals surface area contributed by atoms with E-state index in [0.717, 1.165) is 37.9 Å². The number of hydrogen-bond acceptors (Lipinski definition) is 2. The number of aromatic nitrogens is 1. The van der Waals surface area contributed by atoms with E-state index in [0.29, 0.717) is 6.04 Å². The third kappa shape index (κ3) is 3.52. The van der Waals surface area contributed by atoms with Crippen molar-refractivity contribution < 1.29 is 21.1 Å². The van der Waals surface area contributed by atoms with Crippen LogP contribution < -0.4 is 5.56 Å². The zero-order valence-electron chi connectivity index (χ0n) is 10.3. The summed E-state index contributed by atoms with van der Waals surface area (Å²) in [5.74, 6) is 0. The Labute approximate surface area is 124 Å². The Morgan fingerprint density at radius 1 is 1.39 bits per heavy atom. The van der Waals surface area contributed by atoms with Gasteiger partial charge >= 0.3 is 30.0 Å². The van der Waals surface area contributed by atoms with Gasteiger partial charge in [-0.05, 0) is 24.5 Å². The van der Waals surface area contributed by atoms with Crippen LogP contribution in [0, 0.1) is 6.42 Å². The third-order valence-electron chi connectivity index (χ3n) is 3.29. The van der Waals surface area contributed by atoms with Crippen molar-refractivity contribution in [1.29, 1.82) is 0 Å². The molecular weight excluding hydrogens is 347 g/mol. The molecule has 1 saturated heterocycles. The monoisotopic (exact) mass is 361 g/mol. The molecular formula is C13H16BrNO2Zn. The molecule has 0 spiro atoms. The molecule has 1 atom stereocenters. The topological polar surface area (TPSA) is 31.2 Å². The molecule has 1 saturated carbocycles. The number of pyridine rings is 1. The number of hydrogen-bond donors (Lipinski definition) is 0. The molecule has 0 aromatic carbocycles. The van der Waals surface area contributed by atoms with E-state index in [9.17, 15) is 4.79 Å². The van der Waals surface area contributed by atoms with Crippen LogP contribution in [0.2, 0.25) is 0 Å². The van der Waals surface area contributed by atoms with Gasteiger partial charge in [0.25, 0.3) is 5.56 Å². The fourth-order valence-electron chi connectivity index (χ4n) is 2.21. The maximum atomic E-state index is 11.6. The number of ether oxygens (including phenoxy) is 1. The first kappa shape index (κ1) is 14.4. The van der Waals surface area contributed by atoms with Gasteiger partial charge in [-0.25, -0.2) is 0 Å². The summed E-state index contributed by atoms with van der Waals surface area (Å²) in [5.41, 5.74) is 1.26. The predicted octanol–water partition coefficient (Wildman–Crippen LogP) is 3.08. The first-order chi connectivity index (χ1) is 8.84. The Morgan fingerprint density at radius 2 is 2.17 bits per heavy atom. The predicted molar refractivity (Wildman–Crippen MR) is 70.1 cm³/mol. The second kappa shape index (κ2) is 6.97. The summed E-state index contributed by atoms with van der Waals surface area (Å²) in [7, 11) is 0. The zero-order chi connectivity index (χ0) is 13.0. The molecule has 5 heteroatoms. The second-order valence-electron chi connectivity index (χ2n) is 4.61. The molecule has 94 valence electrons. The van der Waals surface area contributed by atoms with Gasteiger partial charge in [0.1, 0.15) is 0 Å². The van der Waals surface area contributed by atoms with E-state index in [4.69, 9.17) is 4.74 Å². The van der Waals surface area contributed by atoms with Crippen LogP contribution in [0.15, 0.2) is 23.1 Å². The van der Waals surface area contributed by atoms with Crippen molar-refractivity contribution in [1.82, 2.24) is 4.57 Å². The quantitative estimate of drug-likeness (QED) is 0.597. The molecule has 1 aromatic rings. The van der Waals surface area contributed by atoms with Crippen molar-refractivity contribution in [3.8, 4) is 0 Å². The van der Waals surface area contributed by atoms with Crippen LogP contribution in [0.25, 0.3) is 0 Å². The van der Waals surface area contributed by atoms with Crippen molar-refractivity contribution in [2.75, 3.05) is 6.61 Å². The first-order valence-electron chi connectivity index (χ1n) is 6.27. The van der Waals surface area contributed by atoms with Gasteiger partial charge in [-0.15, -0.1) is 6.42 Å². The number of nitrogens with zero attached hydrogens (tertiary/aromatic N) is 1. The molecule has 1 aromatic heterocycles. The van der Waals surface area contributed by atoms with Gasteiger partial charge in [0, 0.05) is 24.9 Å². The molecule has 18 heavy (non-hydrogen) atoms. The van der Waals surface area contributed by atoms with Gasteiger partial charge in [0.05, 0.1) is 6.10 Å². The Kier molecular flexibility index (Phi) is 5.59. The Morgan fingerprint density at radius 3 is 2.78 bits per heavy atom. The van der Waals surface area contributed by atoms with Crippen LogP contribution in [-0.2, 0) is 21.1 Å². The van der Waals surface area contributed by atoms with Crippen LogP contribution >= 0.6 is 13.6 Å². The summed E-state index contributed by atoms with van der Waals surface area (Å²) in [6, 6.07) is 4.02. The molecule has 0 bridgehead atoms. The zero-order valence-corrected chi connectivity index (χ0v) is 14.9. The van der Waals surface area contributed by atoms with Crippen molar-refractivity contribution >= 4 is 13.6 Å². The summed E-state index contributed by atoms with van der Waals surface area (Å²) in [6.07, 6.45) is 8.69. The fraction of sp³-hybridized carbons (Fsp3) is 0.538. The molecule has 1 aliphatic heterocycles. The van der Waals surface area contributed by atoms with Crippen LogP contribution in [-0.4, -0.2) is 11.2 Å². The molecule has 0 N–H and O–H groups in total. The standard InChI is InChI=1S/C13H16NO2.BrH.Zn/c15-13-7-4-10(9-14(13)11-5-6-11)12-3-1-2-8-16-12;;/h1,4,7,9,11-12H,2-3,5-6,8H2;1H;/q-1;;+2/p-1. The van der Waals surface area contributed by atoms with E-state index >= 15 is 0 Å². The second-order valence-corrected chi connectivity index (χ2v) is 4.61. The summed E-state index contributed by atoms with van der Waals surface area (Å²) < 4.78 is 7.58. The van der Waals surface area contributed by atoms with Crippen molar-refractivity contribution in [2.45, 2.75) is 37.8 Å². The average Bonchev–Trinajstić information content (AvgIpc) is 3.27. The van der Waals surface area contributed by atoms with E-state index in [1.807, 2.05) is 16.8 Å². The van der Waals surface area contributed by atoms with Crippen molar-refractivity contribution in [3.63, 3.8) is 0 Å². The van der Waals surface area contributed by atoms with E-state index in [1.54, 1.807) is 6.07 Å². The average molecular weight is 364 g/mol. The molecule has 0 amide bonds. The van der Waals surface area contributed by atoms with Gasteiger partial charge in [-0.1, -0.05) is 0 Å². The van der Waals surface area contributed by atoms with Crippen LogP contribution in [0.3, 0.4) is 0 Å². The first-order valence-corrected chi connectivity index (χ1v) is 13.2. The molecule has 2 fully saturated rings. The Balaban J connectivity index is 0.000000574. The van der Waals surface area contributed by atoms with Gasteiger partial charge in [0.2, 0.25) is 0 Å². The molecule has 3 rings (SSSR count). The van der Waals surface area contributed by atoms with E-state index in [1.165, 1.54) is 16.3 Å². The van der Waals surface area contributed by atoms with E-state index in [2.05, 4.69) is 20.0 Å². The number of halogens is 1. The SMILES string of the molecule is O=c1ccc(C2C[CH-]CCO2)cn1C1CC1.[Zn+][Br]. The van der Waals surface area contributed by atoms with Crippen LogP contribution in [0.4, 0.5) is 0 Å². The Bertz CT molecular complexity index is 439. The molecule has 3 nitrogen and oxygen atoms in total. The molecule has 2 heterocycles. The normalized spacial score (nSPS) is 23.2. The fourth-order valence-corrected chi connectivity index (χ4v) is 2.21.